The van der Waals surface area contributed by atoms with Gasteiger partial charge in [-0.05, 0) is 39.0 Å². The molecule has 0 amide bonds. The number of nitrogens with zero attached hydrogens (tertiary/aromatic N) is 2. The van der Waals surface area contributed by atoms with Crippen LogP contribution in [0.3, 0.4) is 0 Å². The lowest BCUT2D eigenvalue weighted by atomic mass is 10.1. The molecule has 0 unspecified atom stereocenters. The van der Waals surface area contributed by atoms with Gasteiger partial charge in [-0.25, -0.2) is 4.79 Å². The van der Waals surface area contributed by atoms with Crippen LogP contribution in [0.15, 0.2) is 24.4 Å². The lowest BCUT2D eigenvalue weighted by molar-refractivity contribution is 0.0529. The van der Waals surface area contributed by atoms with Crippen LogP contribution in [0.5, 0.6) is 5.75 Å². The van der Waals surface area contributed by atoms with Crippen molar-refractivity contribution in [1.82, 2.24) is 4.98 Å². The molecule has 0 aliphatic heterocycles. The molecule has 0 radical (unpaired) electrons. The molecular formula is C18H20N2O3S. The van der Waals surface area contributed by atoms with Crippen LogP contribution in [0.25, 0.3) is 21.0 Å². The molecule has 1 N–H and O–H groups in total. The Bertz CT molecular complexity index is 900. The molecule has 2 heterocycles. The van der Waals surface area contributed by atoms with E-state index in [9.17, 15) is 9.90 Å². The number of thiophene rings is 1. The number of aromatic hydroxyl groups is 1. The maximum Gasteiger partial charge on any atom is 0.352 e. The van der Waals surface area contributed by atoms with Crippen molar-refractivity contribution in [2.75, 3.05) is 24.6 Å². The number of hydrogen-bond acceptors (Lipinski definition) is 6. The average molecular weight is 344 g/mol. The highest BCUT2D eigenvalue weighted by atomic mass is 32.1. The minimum absolute atomic E-state index is 0.0453. The third kappa shape index (κ3) is 2.67. The highest BCUT2D eigenvalue weighted by molar-refractivity contribution is 7.22. The first-order valence-electron chi connectivity index (χ1n) is 8.06. The lowest BCUT2D eigenvalue weighted by Gasteiger charge is -2.21. The average Bonchev–Trinajstić information content (AvgIpc) is 2.93. The molecule has 3 aromatic rings. The SMILES string of the molecule is CCOC(=O)c1sc2c(cnc3ccc(N(CC)CC)cc32)c1O. The second-order valence-electron chi connectivity index (χ2n) is 5.38. The molecule has 2 aromatic heterocycles. The van der Waals surface area contributed by atoms with Gasteiger partial charge >= 0.3 is 5.97 Å². The number of fused-ring (bicyclic) bond motifs is 3. The first kappa shape index (κ1) is 16.5. The molecule has 0 spiro atoms. The van der Waals surface area contributed by atoms with E-state index in [4.69, 9.17) is 4.74 Å². The number of pyridine rings is 1. The van der Waals surface area contributed by atoms with Gasteiger partial charge in [0, 0.05) is 30.4 Å². The molecular weight excluding hydrogens is 324 g/mol. The molecule has 0 saturated carbocycles. The van der Waals surface area contributed by atoms with Crippen LogP contribution in [0, 0.1) is 0 Å². The summed E-state index contributed by atoms with van der Waals surface area (Å²) in [4.78, 5) is 18.9. The van der Waals surface area contributed by atoms with Crippen LogP contribution in [0.1, 0.15) is 30.4 Å². The Balaban J connectivity index is 2.23. The summed E-state index contributed by atoms with van der Waals surface area (Å²) in [5, 5.41) is 11.9. The molecule has 0 aliphatic rings. The second kappa shape index (κ2) is 6.65. The third-order valence-corrected chi connectivity index (χ3v) is 5.27. The standard InChI is InChI=1S/C18H20N2O3S/c1-4-20(5-2)11-7-8-14-12(9-11)16-13(10-19-14)15(21)17(24-16)18(22)23-6-3/h7-10,21H,4-6H2,1-3H3. The molecule has 0 bridgehead atoms. The van der Waals surface area contributed by atoms with Gasteiger partial charge in [0.2, 0.25) is 0 Å². The molecule has 126 valence electrons. The minimum atomic E-state index is -0.496. The molecule has 0 atom stereocenters. The Morgan fingerprint density at radius 2 is 2.00 bits per heavy atom. The van der Waals surface area contributed by atoms with E-state index in [0.29, 0.717) is 5.39 Å². The smallest absolute Gasteiger partial charge is 0.352 e. The fourth-order valence-electron chi connectivity index (χ4n) is 2.83. The highest BCUT2D eigenvalue weighted by Crippen LogP contribution is 2.41. The van der Waals surface area contributed by atoms with Crippen LogP contribution in [-0.2, 0) is 4.74 Å². The van der Waals surface area contributed by atoms with E-state index in [1.807, 2.05) is 12.1 Å². The number of rotatable bonds is 5. The van der Waals surface area contributed by atoms with E-state index >= 15 is 0 Å². The van der Waals surface area contributed by atoms with Crippen LogP contribution < -0.4 is 4.90 Å². The zero-order valence-corrected chi connectivity index (χ0v) is 14.8. The molecule has 0 fully saturated rings. The van der Waals surface area contributed by atoms with Crippen molar-refractivity contribution in [3.05, 3.63) is 29.3 Å². The van der Waals surface area contributed by atoms with Gasteiger partial charge in [-0.3, -0.25) is 4.98 Å². The molecule has 5 nitrogen and oxygen atoms in total. The number of aromatic nitrogens is 1. The maximum atomic E-state index is 12.0. The third-order valence-electron chi connectivity index (χ3n) is 4.07. The molecule has 0 aliphatic carbocycles. The number of benzene rings is 1. The van der Waals surface area contributed by atoms with Crippen molar-refractivity contribution in [1.29, 1.82) is 0 Å². The largest absolute Gasteiger partial charge is 0.505 e. The first-order valence-corrected chi connectivity index (χ1v) is 8.88. The van der Waals surface area contributed by atoms with Gasteiger partial charge in [0.25, 0.3) is 0 Å². The zero-order chi connectivity index (χ0) is 17.3. The van der Waals surface area contributed by atoms with Crippen LogP contribution in [0.4, 0.5) is 5.69 Å². The van der Waals surface area contributed by atoms with Crippen molar-refractivity contribution < 1.29 is 14.6 Å². The van der Waals surface area contributed by atoms with Crippen molar-refractivity contribution in [3.8, 4) is 5.75 Å². The number of carbonyl (C=O) groups is 1. The first-order chi connectivity index (χ1) is 11.6. The predicted octanol–water partition coefficient (Wildman–Crippen LogP) is 4.18. The summed E-state index contributed by atoms with van der Waals surface area (Å²) in [6.07, 6.45) is 1.61. The fraction of sp³-hybridized carbons (Fsp3) is 0.333. The summed E-state index contributed by atoms with van der Waals surface area (Å²) in [5.41, 5.74) is 1.95. The Morgan fingerprint density at radius 3 is 2.67 bits per heavy atom. The Kier molecular flexibility index (Phi) is 4.57. The Hall–Kier alpha value is -2.34. The summed E-state index contributed by atoms with van der Waals surface area (Å²) < 4.78 is 5.89. The van der Waals surface area contributed by atoms with E-state index < -0.39 is 5.97 Å². The monoisotopic (exact) mass is 344 g/mol. The lowest BCUT2D eigenvalue weighted by Crippen LogP contribution is -2.21. The van der Waals surface area contributed by atoms with Gasteiger partial charge in [-0.2, -0.15) is 0 Å². The van der Waals surface area contributed by atoms with Gasteiger partial charge < -0.3 is 14.7 Å². The molecule has 0 saturated heterocycles. The van der Waals surface area contributed by atoms with Crippen molar-refractivity contribution in [3.63, 3.8) is 0 Å². The number of esters is 1. The van der Waals surface area contributed by atoms with Gasteiger partial charge in [0.1, 0.15) is 5.75 Å². The van der Waals surface area contributed by atoms with E-state index in [2.05, 4.69) is 29.8 Å². The topological polar surface area (TPSA) is 62.7 Å². The predicted molar refractivity (Wildman–Crippen MR) is 98.3 cm³/mol. The van der Waals surface area contributed by atoms with E-state index in [-0.39, 0.29) is 17.2 Å². The van der Waals surface area contributed by atoms with Crippen molar-refractivity contribution in [2.45, 2.75) is 20.8 Å². The quantitative estimate of drug-likeness (QED) is 0.704. The summed E-state index contributed by atoms with van der Waals surface area (Å²) >= 11 is 1.25. The highest BCUT2D eigenvalue weighted by Gasteiger charge is 2.21. The van der Waals surface area contributed by atoms with Crippen molar-refractivity contribution >= 4 is 44.0 Å². The van der Waals surface area contributed by atoms with E-state index in [1.54, 1.807) is 13.1 Å². The van der Waals surface area contributed by atoms with Crippen LogP contribution >= 0.6 is 11.3 Å². The maximum absolute atomic E-state index is 12.0. The van der Waals surface area contributed by atoms with Gasteiger partial charge in [-0.1, -0.05) is 0 Å². The van der Waals surface area contributed by atoms with Gasteiger partial charge in [-0.15, -0.1) is 11.3 Å². The summed E-state index contributed by atoms with van der Waals surface area (Å²) in [7, 11) is 0. The Morgan fingerprint density at radius 1 is 1.25 bits per heavy atom. The number of hydrogen-bond donors (Lipinski definition) is 1. The normalized spacial score (nSPS) is 11.1. The summed E-state index contributed by atoms with van der Waals surface area (Å²) in [6.45, 7) is 8.07. The number of ether oxygens (including phenoxy) is 1. The number of anilines is 1. The second-order valence-corrected chi connectivity index (χ2v) is 6.40. The van der Waals surface area contributed by atoms with E-state index in [1.165, 1.54) is 11.3 Å². The van der Waals surface area contributed by atoms with Gasteiger partial charge in [0.15, 0.2) is 4.88 Å². The molecule has 24 heavy (non-hydrogen) atoms. The zero-order valence-electron chi connectivity index (χ0n) is 14.0. The Labute approximate surface area is 144 Å². The van der Waals surface area contributed by atoms with Crippen LogP contribution in [0.2, 0.25) is 0 Å². The fourth-order valence-corrected chi connectivity index (χ4v) is 3.91. The minimum Gasteiger partial charge on any atom is -0.505 e. The van der Waals surface area contributed by atoms with Crippen LogP contribution in [-0.4, -0.2) is 35.8 Å². The van der Waals surface area contributed by atoms with E-state index in [0.717, 1.165) is 34.4 Å². The molecule has 6 heteroatoms. The van der Waals surface area contributed by atoms with Crippen molar-refractivity contribution in [2.24, 2.45) is 0 Å². The summed E-state index contributed by atoms with van der Waals surface area (Å²) in [6, 6.07) is 6.10. The molecule has 3 rings (SSSR count). The van der Waals surface area contributed by atoms with Gasteiger partial charge in [0.05, 0.1) is 22.2 Å². The summed E-state index contributed by atoms with van der Waals surface area (Å²) in [5.74, 6) is -0.541. The number of carbonyl (C=O) groups excluding carboxylic acids is 1. The molecule has 1 aromatic carbocycles.